The number of hydrogen-bond donors (Lipinski definition) is 2. The van der Waals surface area contributed by atoms with Gasteiger partial charge in [-0.1, -0.05) is 20.8 Å². The lowest BCUT2D eigenvalue weighted by Crippen LogP contribution is -3.00. The molecule has 1 atom stereocenters. The summed E-state index contributed by atoms with van der Waals surface area (Å²) in [6.07, 6.45) is 4.25. The molecular weight excluding hydrogens is 511 g/mol. The molecule has 1 amide bonds. The van der Waals surface area contributed by atoms with Crippen LogP contribution in [0.1, 0.15) is 52.9 Å². The lowest BCUT2D eigenvalue weighted by Gasteiger charge is -2.39. The number of hydrogen-bond acceptors (Lipinski definition) is 3. The van der Waals surface area contributed by atoms with Gasteiger partial charge in [-0.25, -0.2) is 0 Å². The molecule has 214 valence electrons. The molecule has 0 fully saturated rings. The lowest BCUT2D eigenvalue weighted by atomic mass is 9.89. The molecule has 0 rings (SSSR count). The van der Waals surface area contributed by atoms with Crippen molar-refractivity contribution in [2.24, 2.45) is 5.41 Å². The van der Waals surface area contributed by atoms with Gasteiger partial charge in [-0.05, 0) is 19.3 Å². The van der Waals surface area contributed by atoms with E-state index in [9.17, 15) is 14.7 Å². The number of carbonyl (C=O) groups excluding carboxylic acids is 2. The molecule has 35 heavy (non-hydrogen) atoms. The highest BCUT2D eigenvalue weighted by atomic mass is 35.5. The number of nitrogens with zero attached hydrogens (tertiary/aromatic N) is 3. The minimum Gasteiger partial charge on any atom is -1.00 e. The van der Waals surface area contributed by atoms with Crippen LogP contribution in [0.5, 0.6) is 0 Å². The second kappa shape index (κ2) is 18.2. The Morgan fingerprint density at radius 3 is 1.83 bits per heavy atom. The molecule has 0 aliphatic rings. The number of quaternary nitrogens is 3. The molecule has 10 heteroatoms. The van der Waals surface area contributed by atoms with E-state index in [0.717, 1.165) is 54.3 Å². The van der Waals surface area contributed by atoms with Gasteiger partial charge in [0, 0.05) is 24.8 Å². The number of aliphatic hydroxyl groups is 1. The number of ketones is 1. The summed E-state index contributed by atoms with van der Waals surface area (Å²) < 4.78 is 2.27. The third kappa shape index (κ3) is 18.7. The van der Waals surface area contributed by atoms with Gasteiger partial charge in [0.05, 0.1) is 62.4 Å². The molecule has 0 aromatic carbocycles. The molecular formula is C25H55Cl3N4O3. The van der Waals surface area contributed by atoms with E-state index in [-0.39, 0.29) is 61.2 Å². The number of rotatable bonds is 17. The van der Waals surface area contributed by atoms with Crippen LogP contribution in [0.15, 0.2) is 0 Å². The lowest BCUT2D eigenvalue weighted by molar-refractivity contribution is -0.955. The summed E-state index contributed by atoms with van der Waals surface area (Å²) in [5.41, 5.74) is -0.321. The van der Waals surface area contributed by atoms with Crippen LogP contribution in [0.4, 0.5) is 0 Å². The van der Waals surface area contributed by atoms with Crippen LogP contribution in [-0.4, -0.2) is 125 Å². The molecule has 0 saturated carbocycles. The van der Waals surface area contributed by atoms with Gasteiger partial charge >= 0.3 is 0 Å². The maximum Gasteiger partial charge on any atom is 0.225 e. The first-order valence-electron chi connectivity index (χ1n) is 12.3. The summed E-state index contributed by atoms with van der Waals surface area (Å²) in [6.45, 7) is 10.2. The van der Waals surface area contributed by atoms with E-state index in [4.69, 9.17) is 0 Å². The van der Waals surface area contributed by atoms with Crippen LogP contribution in [0.25, 0.3) is 0 Å². The van der Waals surface area contributed by atoms with Crippen molar-refractivity contribution >= 4 is 11.7 Å². The molecule has 0 aromatic heterocycles. The van der Waals surface area contributed by atoms with E-state index in [1.165, 1.54) is 0 Å². The molecule has 0 aromatic rings. The zero-order valence-corrected chi connectivity index (χ0v) is 26.4. The number of Topliss-reactive ketones (excluding diaryl/α,β-unsaturated/α-hetero) is 1. The van der Waals surface area contributed by atoms with E-state index in [1.807, 2.05) is 20.8 Å². The molecule has 0 radical (unpaired) electrons. The largest absolute Gasteiger partial charge is 1.00 e. The second-order valence-electron chi connectivity index (χ2n) is 12.5. The van der Waals surface area contributed by atoms with Gasteiger partial charge in [-0.2, -0.15) is 0 Å². The third-order valence-corrected chi connectivity index (χ3v) is 6.81. The summed E-state index contributed by atoms with van der Waals surface area (Å²) in [5, 5.41) is 12.8. The van der Waals surface area contributed by atoms with Crippen molar-refractivity contribution in [2.45, 2.75) is 58.9 Å². The van der Waals surface area contributed by atoms with Gasteiger partial charge in [0.15, 0.2) is 11.8 Å². The van der Waals surface area contributed by atoms with Gasteiger partial charge in [-0.15, -0.1) is 0 Å². The summed E-state index contributed by atoms with van der Waals surface area (Å²) in [5.74, 6) is 0.422. The average Bonchev–Trinajstić information content (AvgIpc) is 2.65. The van der Waals surface area contributed by atoms with Crippen LogP contribution < -0.4 is 42.5 Å². The Balaban J connectivity index is -0.00000160. The number of aliphatic hydroxyl groups excluding tert-OH is 1. The molecule has 7 nitrogen and oxygen atoms in total. The molecule has 0 aliphatic carbocycles. The van der Waals surface area contributed by atoms with Crippen LogP contribution in [0, 0.1) is 5.41 Å². The highest BCUT2D eigenvalue weighted by molar-refractivity contribution is 5.81. The van der Waals surface area contributed by atoms with E-state index in [1.54, 1.807) is 0 Å². The van der Waals surface area contributed by atoms with E-state index < -0.39 is 0 Å². The van der Waals surface area contributed by atoms with Crippen molar-refractivity contribution in [3.8, 4) is 0 Å². The first-order chi connectivity index (χ1) is 14.5. The Morgan fingerprint density at radius 2 is 1.37 bits per heavy atom. The SMILES string of the molecule is CCC(C)(C)C(=O)NCCC[N+](C)(C)CC(=O)CCCC[N+](C)(C)CC(CO)[N+](C)(C)C.[Cl-].[Cl-].[Cl-]. The van der Waals surface area contributed by atoms with Gasteiger partial charge < -0.3 is 61.1 Å². The fourth-order valence-corrected chi connectivity index (χ4v) is 3.82. The maximum atomic E-state index is 12.5. The summed E-state index contributed by atoms with van der Waals surface area (Å²) in [4.78, 5) is 24.7. The van der Waals surface area contributed by atoms with Gasteiger partial charge in [0.2, 0.25) is 5.91 Å². The third-order valence-electron chi connectivity index (χ3n) is 6.81. The highest BCUT2D eigenvalue weighted by Gasteiger charge is 2.31. The van der Waals surface area contributed by atoms with E-state index in [0.29, 0.717) is 29.8 Å². The maximum absolute atomic E-state index is 12.5. The van der Waals surface area contributed by atoms with Crippen molar-refractivity contribution < 1.29 is 65.4 Å². The first-order valence-corrected chi connectivity index (χ1v) is 12.3. The molecule has 1 unspecified atom stereocenters. The highest BCUT2D eigenvalue weighted by Crippen LogP contribution is 2.19. The normalized spacial score (nSPS) is 13.1. The smallest absolute Gasteiger partial charge is 0.225 e. The number of nitrogens with one attached hydrogen (secondary N) is 1. The Kier molecular flexibility index (Phi) is 21.8. The van der Waals surface area contributed by atoms with Gasteiger partial charge in [0.1, 0.15) is 19.7 Å². The fourth-order valence-electron chi connectivity index (χ4n) is 3.82. The monoisotopic (exact) mass is 564 g/mol. The predicted molar refractivity (Wildman–Crippen MR) is 133 cm³/mol. The average molecular weight is 566 g/mol. The van der Waals surface area contributed by atoms with Crippen LogP contribution >= 0.6 is 0 Å². The molecule has 2 N–H and O–H groups in total. The number of carbonyl (C=O) groups is 2. The van der Waals surface area contributed by atoms with Crippen molar-refractivity contribution in [1.82, 2.24) is 5.32 Å². The number of unbranched alkanes of at least 4 members (excludes halogenated alkanes) is 1. The summed E-state index contributed by atoms with van der Waals surface area (Å²) in [6, 6.07) is 0.211. The number of amides is 1. The summed E-state index contributed by atoms with van der Waals surface area (Å²) in [7, 11) is 15.0. The Labute approximate surface area is 235 Å². The van der Waals surface area contributed by atoms with Crippen LogP contribution in [0.2, 0.25) is 0 Å². The van der Waals surface area contributed by atoms with Crippen LogP contribution in [0.3, 0.4) is 0 Å². The Morgan fingerprint density at radius 1 is 0.857 bits per heavy atom. The summed E-state index contributed by atoms with van der Waals surface area (Å²) >= 11 is 0. The Hall–Kier alpha value is -0.150. The van der Waals surface area contributed by atoms with Crippen molar-refractivity contribution in [3.63, 3.8) is 0 Å². The molecule has 0 aliphatic heterocycles. The zero-order valence-electron chi connectivity index (χ0n) is 24.1. The van der Waals surface area contributed by atoms with Gasteiger partial charge in [-0.3, -0.25) is 9.59 Å². The molecule has 0 bridgehead atoms. The predicted octanol–water partition coefficient (Wildman–Crippen LogP) is -7.10. The quantitative estimate of drug-likeness (QED) is 0.136. The minimum atomic E-state index is -0.321. The fraction of sp³-hybridized carbons (Fsp3) is 0.920. The van der Waals surface area contributed by atoms with Gasteiger partial charge in [0.25, 0.3) is 0 Å². The Bertz CT molecular complexity index is 595. The number of likely N-dealkylation sites (N-methyl/N-ethyl adjacent to an activating group) is 3. The second-order valence-corrected chi connectivity index (χ2v) is 12.5. The first kappa shape index (κ1) is 42.0. The van der Waals surface area contributed by atoms with Crippen molar-refractivity contribution in [2.75, 3.05) is 88.7 Å². The molecule has 0 saturated heterocycles. The molecule has 0 heterocycles. The topological polar surface area (TPSA) is 66.4 Å². The van der Waals surface area contributed by atoms with E-state index in [2.05, 4.69) is 54.7 Å². The van der Waals surface area contributed by atoms with Crippen LogP contribution in [-0.2, 0) is 9.59 Å². The van der Waals surface area contributed by atoms with Crippen molar-refractivity contribution in [1.29, 1.82) is 0 Å². The molecule has 0 spiro atoms. The zero-order chi connectivity index (χ0) is 25.2. The van der Waals surface area contributed by atoms with Crippen molar-refractivity contribution in [3.05, 3.63) is 0 Å². The standard InChI is InChI=1S/C25H54N4O3.3ClH/c1-11-25(2,3)24(32)26-16-14-18-29(9,10)20-23(31)15-12-13-17-28(7,8)19-22(21-30)27(4,5)6;;;/h22,30H,11-21H2,1-10H3;3*1H/q+2;;;/p-2. The number of halogens is 3. The van der Waals surface area contributed by atoms with E-state index >= 15 is 0 Å². The minimum absolute atomic E-state index is 0.